The highest BCUT2D eigenvalue weighted by Crippen LogP contribution is 2.24. The van der Waals surface area contributed by atoms with E-state index in [-0.39, 0.29) is 11.9 Å². The van der Waals surface area contributed by atoms with Gasteiger partial charge in [-0.25, -0.2) is 4.98 Å². The lowest BCUT2D eigenvalue weighted by Crippen LogP contribution is -2.47. The summed E-state index contributed by atoms with van der Waals surface area (Å²) in [5.41, 5.74) is 0. The number of carbonyl (C=O) groups excluding carboxylic acids is 1. The predicted octanol–water partition coefficient (Wildman–Crippen LogP) is 1.35. The van der Waals surface area contributed by atoms with Crippen LogP contribution in [-0.4, -0.2) is 42.1 Å². The quantitative estimate of drug-likeness (QED) is 0.907. The van der Waals surface area contributed by atoms with Crippen LogP contribution in [0.2, 0.25) is 0 Å². The molecule has 1 aliphatic rings. The zero-order valence-corrected chi connectivity index (χ0v) is 12.6. The second kappa shape index (κ2) is 6.18. The van der Waals surface area contributed by atoms with Gasteiger partial charge in [0.2, 0.25) is 17.7 Å². The van der Waals surface area contributed by atoms with Gasteiger partial charge >= 0.3 is 0 Å². The molecule has 0 bridgehead atoms. The van der Waals surface area contributed by atoms with Gasteiger partial charge in [0.15, 0.2) is 0 Å². The Morgan fingerprint density at radius 1 is 1.63 bits per heavy atom. The first-order valence-electron chi connectivity index (χ1n) is 6.18. The van der Waals surface area contributed by atoms with Gasteiger partial charge in [-0.1, -0.05) is 0 Å². The first-order chi connectivity index (χ1) is 9.10. The summed E-state index contributed by atoms with van der Waals surface area (Å²) in [4.78, 5) is 21.8. The van der Waals surface area contributed by atoms with E-state index in [2.05, 4.69) is 36.1 Å². The molecule has 1 aromatic heterocycles. The SMILES string of the molecule is COc1nc(N2CCCC(NC(C)=O)C2)ncc1Br. The Bertz CT molecular complexity index is 469. The molecule has 0 saturated carbocycles. The van der Waals surface area contributed by atoms with E-state index in [9.17, 15) is 4.79 Å². The molecule has 1 amide bonds. The highest BCUT2D eigenvalue weighted by molar-refractivity contribution is 9.10. The first-order valence-corrected chi connectivity index (χ1v) is 6.98. The number of carbonyl (C=O) groups is 1. The lowest BCUT2D eigenvalue weighted by Gasteiger charge is -2.33. The summed E-state index contributed by atoms with van der Waals surface area (Å²) in [7, 11) is 1.58. The Hall–Kier alpha value is -1.37. The standard InChI is InChI=1S/C12H17BrN4O2/c1-8(18)15-9-4-3-5-17(7-9)12-14-6-10(13)11(16-12)19-2/h6,9H,3-5,7H2,1-2H3,(H,15,18). The molecule has 6 nitrogen and oxygen atoms in total. The van der Waals surface area contributed by atoms with Gasteiger partial charge in [-0.2, -0.15) is 4.98 Å². The fourth-order valence-corrected chi connectivity index (χ4v) is 2.56. The van der Waals surface area contributed by atoms with E-state index in [4.69, 9.17) is 4.74 Å². The normalized spacial score (nSPS) is 19.1. The van der Waals surface area contributed by atoms with Crippen molar-refractivity contribution in [1.82, 2.24) is 15.3 Å². The van der Waals surface area contributed by atoms with E-state index in [1.807, 2.05) is 0 Å². The average Bonchev–Trinajstić information content (AvgIpc) is 2.39. The monoisotopic (exact) mass is 328 g/mol. The van der Waals surface area contributed by atoms with Crippen molar-refractivity contribution in [3.8, 4) is 5.88 Å². The van der Waals surface area contributed by atoms with Crippen molar-refractivity contribution in [1.29, 1.82) is 0 Å². The molecule has 0 radical (unpaired) electrons. The number of methoxy groups -OCH3 is 1. The van der Waals surface area contributed by atoms with Crippen LogP contribution < -0.4 is 15.0 Å². The van der Waals surface area contributed by atoms with Gasteiger partial charge in [-0.05, 0) is 28.8 Å². The van der Waals surface area contributed by atoms with Crippen LogP contribution in [0.5, 0.6) is 5.88 Å². The third kappa shape index (κ3) is 3.56. The Labute approximate surface area is 120 Å². The van der Waals surface area contributed by atoms with E-state index in [1.165, 1.54) is 6.92 Å². The van der Waals surface area contributed by atoms with E-state index in [0.29, 0.717) is 11.8 Å². The van der Waals surface area contributed by atoms with Crippen LogP contribution in [0.3, 0.4) is 0 Å². The third-order valence-electron chi connectivity index (χ3n) is 3.00. The van der Waals surface area contributed by atoms with Gasteiger partial charge in [0.05, 0.1) is 17.8 Å². The summed E-state index contributed by atoms with van der Waals surface area (Å²) in [6.07, 6.45) is 3.68. The molecule has 1 aromatic rings. The number of halogens is 1. The summed E-state index contributed by atoms with van der Waals surface area (Å²) in [5, 5.41) is 2.94. The van der Waals surface area contributed by atoms with Crippen molar-refractivity contribution in [2.45, 2.75) is 25.8 Å². The van der Waals surface area contributed by atoms with E-state index in [1.54, 1.807) is 13.3 Å². The number of nitrogens with one attached hydrogen (secondary N) is 1. The van der Waals surface area contributed by atoms with Crippen LogP contribution in [0.15, 0.2) is 10.7 Å². The van der Waals surface area contributed by atoms with E-state index >= 15 is 0 Å². The molecule has 104 valence electrons. The van der Waals surface area contributed by atoms with Crippen molar-refractivity contribution in [3.63, 3.8) is 0 Å². The van der Waals surface area contributed by atoms with Crippen LogP contribution in [0.25, 0.3) is 0 Å². The minimum Gasteiger partial charge on any atom is -0.480 e. The lowest BCUT2D eigenvalue weighted by molar-refractivity contribution is -0.119. The molecule has 1 saturated heterocycles. The molecule has 1 aliphatic heterocycles. The first kappa shape index (κ1) is 14.0. The smallest absolute Gasteiger partial charge is 0.232 e. The topological polar surface area (TPSA) is 67.3 Å². The summed E-state index contributed by atoms with van der Waals surface area (Å²) in [6, 6.07) is 0.157. The summed E-state index contributed by atoms with van der Waals surface area (Å²) >= 11 is 3.33. The Balaban J connectivity index is 2.10. The van der Waals surface area contributed by atoms with Crippen LogP contribution in [0, 0.1) is 0 Å². The molecular weight excluding hydrogens is 312 g/mol. The maximum Gasteiger partial charge on any atom is 0.232 e. The molecule has 1 atom stereocenters. The number of ether oxygens (including phenoxy) is 1. The van der Waals surface area contributed by atoms with Gasteiger partial charge in [-0.3, -0.25) is 4.79 Å². The molecule has 19 heavy (non-hydrogen) atoms. The van der Waals surface area contributed by atoms with E-state index < -0.39 is 0 Å². The Morgan fingerprint density at radius 3 is 3.11 bits per heavy atom. The molecule has 1 N–H and O–H groups in total. The van der Waals surface area contributed by atoms with Crippen molar-refractivity contribution >= 4 is 27.8 Å². The molecule has 7 heteroatoms. The summed E-state index contributed by atoms with van der Waals surface area (Å²) in [5.74, 6) is 1.16. The third-order valence-corrected chi connectivity index (χ3v) is 3.55. The highest BCUT2D eigenvalue weighted by Gasteiger charge is 2.22. The zero-order valence-electron chi connectivity index (χ0n) is 11.0. The fourth-order valence-electron chi connectivity index (χ4n) is 2.20. The second-order valence-electron chi connectivity index (χ2n) is 4.51. The minimum atomic E-state index is 0.00107. The van der Waals surface area contributed by atoms with Crippen molar-refractivity contribution in [3.05, 3.63) is 10.7 Å². The van der Waals surface area contributed by atoms with Crippen molar-refractivity contribution < 1.29 is 9.53 Å². The Kier molecular flexibility index (Phi) is 4.57. The van der Waals surface area contributed by atoms with Gasteiger partial charge in [0.25, 0.3) is 0 Å². The van der Waals surface area contributed by atoms with E-state index in [0.717, 1.165) is 30.4 Å². The molecule has 2 rings (SSSR count). The average molecular weight is 329 g/mol. The lowest BCUT2D eigenvalue weighted by atomic mass is 10.1. The fraction of sp³-hybridized carbons (Fsp3) is 0.583. The van der Waals surface area contributed by atoms with Crippen LogP contribution in [0.1, 0.15) is 19.8 Å². The number of rotatable bonds is 3. The van der Waals surface area contributed by atoms with Crippen LogP contribution >= 0.6 is 15.9 Å². The number of piperidine rings is 1. The molecule has 1 fully saturated rings. The number of anilines is 1. The van der Waals surface area contributed by atoms with Gasteiger partial charge < -0.3 is 15.0 Å². The predicted molar refractivity (Wildman–Crippen MR) is 75.3 cm³/mol. The molecule has 0 aromatic carbocycles. The molecule has 2 heterocycles. The van der Waals surface area contributed by atoms with Crippen molar-refractivity contribution in [2.24, 2.45) is 0 Å². The maximum atomic E-state index is 11.1. The molecular formula is C12H17BrN4O2. The van der Waals surface area contributed by atoms with Crippen LogP contribution in [-0.2, 0) is 4.79 Å². The van der Waals surface area contributed by atoms with Gasteiger partial charge in [0, 0.05) is 26.1 Å². The summed E-state index contributed by atoms with van der Waals surface area (Å²) < 4.78 is 5.90. The number of aromatic nitrogens is 2. The molecule has 0 spiro atoms. The largest absolute Gasteiger partial charge is 0.480 e. The number of hydrogen-bond donors (Lipinski definition) is 1. The molecule has 1 unspecified atom stereocenters. The minimum absolute atomic E-state index is 0.00107. The number of nitrogens with zero attached hydrogens (tertiary/aromatic N) is 3. The Morgan fingerprint density at radius 2 is 2.42 bits per heavy atom. The maximum absolute atomic E-state index is 11.1. The number of amides is 1. The summed E-state index contributed by atoms with van der Waals surface area (Å²) in [6.45, 7) is 3.16. The van der Waals surface area contributed by atoms with Gasteiger partial charge in [0.1, 0.15) is 0 Å². The van der Waals surface area contributed by atoms with Crippen LogP contribution in [0.4, 0.5) is 5.95 Å². The number of hydrogen-bond acceptors (Lipinski definition) is 5. The highest BCUT2D eigenvalue weighted by atomic mass is 79.9. The van der Waals surface area contributed by atoms with Crippen molar-refractivity contribution in [2.75, 3.05) is 25.1 Å². The second-order valence-corrected chi connectivity index (χ2v) is 5.37. The molecule has 0 aliphatic carbocycles. The van der Waals surface area contributed by atoms with Gasteiger partial charge in [-0.15, -0.1) is 0 Å². The zero-order chi connectivity index (χ0) is 13.8.